The van der Waals surface area contributed by atoms with Gasteiger partial charge in [-0.1, -0.05) is 96.8 Å². The fourth-order valence-electron chi connectivity index (χ4n) is 2.87. The second kappa shape index (κ2) is 25.7. The molecule has 0 atom stereocenters. The number of unbranched alkanes of at least 4 members (excludes halogenated alkanes) is 14. The van der Waals surface area contributed by atoms with Crippen LogP contribution in [0.5, 0.6) is 0 Å². The molecule has 0 spiro atoms. The highest BCUT2D eigenvalue weighted by Gasteiger charge is 1.96. The van der Waals surface area contributed by atoms with Gasteiger partial charge in [0.05, 0.1) is 0 Å². The number of rotatable bonds is 18. The molecule has 0 aliphatic carbocycles. The molecular formula is C22H47NO2. The molecular weight excluding hydrogens is 310 g/mol. The normalized spacial score (nSPS) is 10.4. The maximum Gasteiger partial charge on any atom is 0.217 e. The van der Waals surface area contributed by atoms with E-state index in [0.29, 0.717) is 6.42 Å². The van der Waals surface area contributed by atoms with Gasteiger partial charge in [-0.15, -0.1) is 0 Å². The van der Waals surface area contributed by atoms with Crippen LogP contribution in [0.15, 0.2) is 0 Å². The lowest BCUT2D eigenvalue weighted by molar-refractivity contribution is -0.118. The lowest BCUT2D eigenvalue weighted by Crippen LogP contribution is -2.09. The molecule has 0 aromatic rings. The van der Waals surface area contributed by atoms with Crippen LogP contribution in [0.25, 0.3) is 0 Å². The molecule has 3 nitrogen and oxygen atoms in total. The fraction of sp³-hybridized carbons (Fsp3) is 0.955. The highest BCUT2D eigenvalue weighted by molar-refractivity contribution is 5.73. The van der Waals surface area contributed by atoms with Crippen LogP contribution in [-0.4, -0.2) is 19.1 Å². The Balaban J connectivity index is 0. The Hall–Kier alpha value is -0.570. The molecule has 0 saturated heterocycles. The van der Waals surface area contributed by atoms with E-state index in [-0.39, 0.29) is 5.91 Å². The largest absolute Gasteiger partial charge is 0.382 e. The van der Waals surface area contributed by atoms with Gasteiger partial charge in [-0.3, -0.25) is 4.79 Å². The van der Waals surface area contributed by atoms with Crippen LogP contribution < -0.4 is 5.73 Å². The molecule has 0 aromatic heterocycles. The Labute approximate surface area is 158 Å². The topological polar surface area (TPSA) is 52.3 Å². The third-order valence-electron chi connectivity index (χ3n) is 4.43. The predicted molar refractivity (Wildman–Crippen MR) is 111 cm³/mol. The summed E-state index contributed by atoms with van der Waals surface area (Å²) in [4.78, 5) is 10.6. The molecule has 0 heterocycles. The molecule has 0 fully saturated rings. The molecule has 152 valence electrons. The summed E-state index contributed by atoms with van der Waals surface area (Å²) in [7, 11) is 0. The summed E-state index contributed by atoms with van der Waals surface area (Å²) < 4.78 is 4.83. The molecule has 0 radical (unpaired) electrons. The van der Waals surface area contributed by atoms with Gasteiger partial charge in [0.2, 0.25) is 5.91 Å². The second-order valence-corrected chi connectivity index (χ2v) is 6.95. The molecule has 0 aromatic carbocycles. The summed E-state index contributed by atoms with van der Waals surface area (Å²) in [6.45, 7) is 7.94. The van der Waals surface area contributed by atoms with Crippen molar-refractivity contribution >= 4 is 5.91 Å². The van der Waals surface area contributed by atoms with Crippen LogP contribution >= 0.6 is 0 Å². The predicted octanol–water partition coefficient (Wildman–Crippen LogP) is 6.78. The minimum Gasteiger partial charge on any atom is -0.382 e. The standard InChI is InChI=1S/C18H37NO.C4H10O/c1-2-3-4-5-6-7-8-9-10-11-12-13-14-15-16-17-18(19)20;1-3-5-4-2/h2-17H2,1H3,(H2,19,20);3-4H2,1-2H3. The molecule has 0 aliphatic heterocycles. The number of hydrogen-bond donors (Lipinski definition) is 1. The van der Waals surface area contributed by atoms with Gasteiger partial charge in [0.15, 0.2) is 0 Å². The van der Waals surface area contributed by atoms with Crippen molar-refractivity contribution in [1.29, 1.82) is 0 Å². The number of carbonyl (C=O) groups is 1. The van der Waals surface area contributed by atoms with E-state index >= 15 is 0 Å². The lowest BCUT2D eigenvalue weighted by Gasteiger charge is -2.03. The van der Waals surface area contributed by atoms with E-state index in [0.717, 1.165) is 19.6 Å². The molecule has 0 bridgehead atoms. The van der Waals surface area contributed by atoms with Crippen molar-refractivity contribution in [3.63, 3.8) is 0 Å². The van der Waals surface area contributed by atoms with Crippen molar-refractivity contribution in [3.05, 3.63) is 0 Å². The van der Waals surface area contributed by atoms with Crippen LogP contribution in [0.1, 0.15) is 124 Å². The number of primary amides is 1. The summed E-state index contributed by atoms with van der Waals surface area (Å²) in [5.41, 5.74) is 5.11. The number of nitrogens with two attached hydrogens (primary N) is 1. The van der Waals surface area contributed by atoms with Gasteiger partial charge in [0.25, 0.3) is 0 Å². The van der Waals surface area contributed by atoms with Crippen LogP contribution in [0.2, 0.25) is 0 Å². The molecule has 25 heavy (non-hydrogen) atoms. The number of carbonyl (C=O) groups excluding carboxylic acids is 1. The first kappa shape index (κ1) is 26.7. The van der Waals surface area contributed by atoms with Crippen LogP contribution in [-0.2, 0) is 9.53 Å². The number of ether oxygens (including phenoxy) is 1. The summed E-state index contributed by atoms with van der Waals surface area (Å²) >= 11 is 0. The quantitative estimate of drug-likeness (QED) is 0.275. The Kier molecular flexibility index (Phi) is 27.4. The smallest absolute Gasteiger partial charge is 0.217 e. The van der Waals surface area contributed by atoms with Crippen molar-refractivity contribution < 1.29 is 9.53 Å². The Morgan fingerprint density at radius 2 is 0.920 bits per heavy atom. The highest BCUT2D eigenvalue weighted by atomic mass is 16.5. The van der Waals surface area contributed by atoms with E-state index < -0.39 is 0 Å². The fourth-order valence-corrected chi connectivity index (χ4v) is 2.87. The molecule has 0 saturated carbocycles. The monoisotopic (exact) mass is 357 g/mol. The highest BCUT2D eigenvalue weighted by Crippen LogP contribution is 2.13. The third kappa shape index (κ3) is 31.7. The zero-order valence-electron chi connectivity index (χ0n) is 17.6. The van der Waals surface area contributed by atoms with Gasteiger partial charge in [-0.2, -0.15) is 0 Å². The lowest BCUT2D eigenvalue weighted by atomic mass is 10.0. The van der Waals surface area contributed by atoms with Crippen molar-refractivity contribution in [2.24, 2.45) is 5.73 Å². The first-order valence-corrected chi connectivity index (χ1v) is 11.0. The van der Waals surface area contributed by atoms with Crippen LogP contribution in [0.3, 0.4) is 0 Å². The van der Waals surface area contributed by atoms with E-state index in [2.05, 4.69) is 6.92 Å². The van der Waals surface area contributed by atoms with Crippen LogP contribution in [0, 0.1) is 0 Å². The average molecular weight is 358 g/mol. The summed E-state index contributed by atoms with van der Waals surface area (Å²) in [5, 5.41) is 0. The van der Waals surface area contributed by atoms with E-state index in [1.807, 2.05) is 13.8 Å². The van der Waals surface area contributed by atoms with Gasteiger partial charge in [0.1, 0.15) is 0 Å². The van der Waals surface area contributed by atoms with E-state index in [4.69, 9.17) is 10.5 Å². The summed E-state index contributed by atoms with van der Waals surface area (Å²) in [5.74, 6) is -0.153. The maximum absolute atomic E-state index is 10.6. The minimum absolute atomic E-state index is 0.153. The Morgan fingerprint density at radius 3 is 1.16 bits per heavy atom. The maximum atomic E-state index is 10.6. The average Bonchev–Trinajstić information content (AvgIpc) is 2.59. The molecule has 1 amide bonds. The van der Waals surface area contributed by atoms with Crippen molar-refractivity contribution in [3.8, 4) is 0 Å². The second-order valence-electron chi connectivity index (χ2n) is 6.95. The van der Waals surface area contributed by atoms with Gasteiger partial charge in [-0.25, -0.2) is 0 Å². The van der Waals surface area contributed by atoms with Gasteiger partial charge >= 0.3 is 0 Å². The van der Waals surface area contributed by atoms with Crippen molar-refractivity contribution in [2.45, 2.75) is 124 Å². The third-order valence-corrected chi connectivity index (χ3v) is 4.43. The Bertz CT molecular complexity index is 242. The number of hydrogen-bond acceptors (Lipinski definition) is 2. The summed E-state index contributed by atoms with van der Waals surface area (Å²) in [6, 6.07) is 0. The Morgan fingerprint density at radius 1 is 0.600 bits per heavy atom. The van der Waals surface area contributed by atoms with Crippen molar-refractivity contribution in [1.82, 2.24) is 0 Å². The van der Waals surface area contributed by atoms with Gasteiger partial charge in [-0.05, 0) is 20.3 Å². The van der Waals surface area contributed by atoms with E-state index in [1.165, 1.54) is 89.9 Å². The first-order chi connectivity index (χ1) is 12.2. The SMILES string of the molecule is CCCCCCCCCCCCCCCCCC(N)=O.CCOCC. The zero-order valence-corrected chi connectivity index (χ0v) is 17.6. The molecule has 3 heteroatoms. The van der Waals surface area contributed by atoms with Crippen molar-refractivity contribution in [2.75, 3.05) is 13.2 Å². The van der Waals surface area contributed by atoms with E-state index in [9.17, 15) is 4.79 Å². The molecule has 0 aliphatic rings. The van der Waals surface area contributed by atoms with E-state index in [1.54, 1.807) is 0 Å². The molecule has 0 unspecified atom stereocenters. The molecule has 2 N–H and O–H groups in total. The summed E-state index contributed by atoms with van der Waals surface area (Å²) in [6.07, 6.45) is 20.9. The first-order valence-electron chi connectivity index (χ1n) is 11.0. The van der Waals surface area contributed by atoms with Gasteiger partial charge in [0, 0.05) is 19.6 Å². The van der Waals surface area contributed by atoms with Gasteiger partial charge < -0.3 is 10.5 Å². The molecule has 0 rings (SSSR count). The number of amides is 1. The zero-order chi connectivity index (χ0) is 19.0. The minimum atomic E-state index is -0.153. The van der Waals surface area contributed by atoms with Crippen LogP contribution in [0.4, 0.5) is 0 Å².